The van der Waals surface area contributed by atoms with Gasteiger partial charge >= 0.3 is 0 Å². The smallest absolute Gasteiger partial charge is 0.206 e. The number of aliphatic imine (C=N–C) groups is 1. The molecule has 1 heterocycles. The van der Waals surface area contributed by atoms with Gasteiger partial charge in [0.2, 0.25) is 5.96 Å². The molecule has 1 aliphatic heterocycles. The highest BCUT2D eigenvalue weighted by Gasteiger charge is 2.29. The Morgan fingerprint density at radius 2 is 1.79 bits per heavy atom. The second kappa shape index (κ2) is 8.47. The minimum Gasteiger partial charge on any atom is -0.497 e. The first-order valence-corrected chi connectivity index (χ1v) is 8.99. The fourth-order valence-corrected chi connectivity index (χ4v) is 3.01. The third-order valence-electron chi connectivity index (χ3n) is 4.64. The molecule has 0 fully saturated rings. The monoisotopic (exact) mass is 378 g/mol. The molecule has 0 aliphatic carbocycles. The van der Waals surface area contributed by atoms with Crippen molar-refractivity contribution in [3.63, 3.8) is 0 Å². The van der Waals surface area contributed by atoms with Gasteiger partial charge in [-0.15, -0.1) is 0 Å². The van der Waals surface area contributed by atoms with Crippen LogP contribution in [0.15, 0.2) is 76.1 Å². The lowest BCUT2D eigenvalue weighted by Gasteiger charge is -2.38. The summed E-state index contributed by atoms with van der Waals surface area (Å²) in [6.45, 7) is 5.67. The average molecular weight is 378 g/mol. The van der Waals surface area contributed by atoms with E-state index in [1.807, 2.05) is 75.6 Å². The van der Waals surface area contributed by atoms with E-state index >= 15 is 0 Å². The Morgan fingerprint density at radius 3 is 2.39 bits per heavy atom. The van der Waals surface area contributed by atoms with Crippen LogP contribution in [0.1, 0.15) is 6.92 Å². The average Bonchev–Trinajstić information content (AvgIpc) is 2.73. The van der Waals surface area contributed by atoms with Crippen LogP contribution in [0.5, 0.6) is 5.75 Å². The van der Waals surface area contributed by atoms with Crippen LogP contribution < -0.4 is 15.4 Å². The van der Waals surface area contributed by atoms with Crippen molar-refractivity contribution >= 4 is 24.1 Å². The fourth-order valence-electron chi connectivity index (χ4n) is 3.01. The predicted octanol–water partition coefficient (Wildman–Crippen LogP) is 3.63. The normalized spacial score (nSPS) is 16.4. The minimum atomic E-state index is -0.115. The van der Waals surface area contributed by atoms with E-state index in [1.54, 1.807) is 12.1 Å². The van der Waals surface area contributed by atoms with Gasteiger partial charge in [0.15, 0.2) is 5.82 Å². The molecule has 0 radical (unpaired) electrons. The number of hydrogen-bond acceptors (Lipinski definition) is 7. The largest absolute Gasteiger partial charge is 0.497 e. The Morgan fingerprint density at radius 1 is 1.11 bits per heavy atom. The van der Waals surface area contributed by atoms with Gasteiger partial charge in [0.1, 0.15) is 11.9 Å². The van der Waals surface area contributed by atoms with Crippen LogP contribution in [0.4, 0.5) is 11.4 Å². The van der Waals surface area contributed by atoms with Crippen LogP contribution in [0.3, 0.4) is 0 Å². The van der Waals surface area contributed by atoms with E-state index in [-0.39, 0.29) is 6.17 Å². The van der Waals surface area contributed by atoms with Crippen LogP contribution in [0, 0.1) is 0 Å². The first kappa shape index (κ1) is 19.3. The highest BCUT2D eigenvalue weighted by molar-refractivity contribution is 5.95. The van der Waals surface area contributed by atoms with Crippen LogP contribution in [0.25, 0.3) is 0 Å². The summed E-state index contributed by atoms with van der Waals surface area (Å²) >= 11 is 0. The molecule has 2 N–H and O–H groups in total. The number of rotatable bonds is 6. The molecule has 0 spiro atoms. The number of nitrogens with one attached hydrogen (secondary N) is 2. The van der Waals surface area contributed by atoms with Crippen LogP contribution in [0.2, 0.25) is 0 Å². The third kappa shape index (κ3) is 4.09. The molecule has 146 valence electrons. The van der Waals surface area contributed by atoms with Crippen molar-refractivity contribution in [2.45, 2.75) is 13.1 Å². The van der Waals surface area contributed by atoms with Gasteiger partial charge in [-0.25, -0.2) is 0 Å². The molecule has 2 aromatic carbocycles. The van der Waals surface area contributed by atoms with Crippen molar-refractivity contribution in [1.82, 2.24) is 9.91 Å². The Labute approximate surface area is 166 Å². The predicted molar refractivity (Wildman–Crippen MR) is 116 cm³/mol. The Balaban J connectivity index is 1.92. The summed E-state index contributed by atoms with van der Waals surface area (Å²) in [6.07, 6.45) is -0.115. The number of likely N-dealkylation sites (N-methyl/N-ethyl adjacent to an activating group) is 1. The summed E-state index contributed by atoms with van der Waals surface area (Å²) in [6, 6.07) is 17.8. The molecule has 1 unspecified atom stereocenters. The molecule has 3 rings (SSSR count). The number of anilines is 2. The van der Waals surface area contributed by atoms with Crippen LogP contribution in [-0.2, 0) is 0 Å². The van der Waals surface area contributed by atoms with E-state index in [9.17, 15) is 0 Å². The summed E-state index contributed by atoms with van der Waals surface area (Å²) in [7, 11) is 5.50. The van der Waals surface area contributed by atoms with Crippen molar-refractivity contribution in [1.29, 1.82) is 0 Å². The molecule has 0 saturated carbocycles. The Bertz CT molecular complexity index is 876. The summed E-state index contributed by atoms with van der Waals surface area (Å²) in [5.74, 6) is 2.28. The molecular weight excluding hydrogens is 352 g/mol. The molecular formula is C21H26N6O. The van der Waals surface area contributed by atoms with E-state index in [2.05, 4.69) is 27.4 Å². The van der Waals surface area contributed by atoms with Crippen molar-refractivity contribution in [2.24, 2.45) is 10.1 Å². The number of nitrogens with zero attached hydrogens (tertiary/aromatic N) is 4. The molecule has 0 saturated heterocycles. The van der Waals surface area contributed by atoms with Crippen LogP contribution in [-0.4, -0.2) is 50.0 Å². The number of hydrazone groups is 1. The molecule has 1 aliphatic rings. The zero-order valence-corrected chi connectivity index (χ0v) is 16.7. The van der Waals surface area contributed by atoms with Crippen molar-refractivity contribution in [3.8, 4) is 5.75 Å². The molecule has 0 bridgehead atoms. The number of hydrogen-bond donors (Lipinski definition) is 2. The third-order valence-corrected chi connectivity index (χ3v) is 4.64. The molecule has 7 nitrogen and oxygen atoms in total. The van der Waals surface area contributed by atoms with Crippen molar-refractivity contribution < 1.29 is 4.74 Å². The number of benzene rings is 2. The van der Waals surface area contributed by atoms with E-state index in [1.165, 1.54) is 0 Å². The maximum Gasteiger partial charge on any atom is 0.206 e. The Hall–Kier alpha value is -3.48. The van der Waals surface area contributed by atoms with Crippen molar-refractivity contribution in [2.75, 3.05) is 31.8 Å². The second-order valence-corrected chi connectivity index (χ2v) is 6.48. The molecule has 1 atom stereocenters. The van der Waals surface area contributed by atoms with E-state index < -0.39 is 0 Å². The quantitative estimate of drug-likeness (QED) is 0.594. The van der Waals surface area contributed by atoms with Crippen molar-refractivity contribution in [3.05, 3.63) is 66.0 Å². The van der Waals surface area contributed by atoms with Gasteiger partial charge < -0.3 is 20.3 Å². The standard InChI is InChI=1S/C21H26N6O/c1-15-19(23-17-11-13-18(28-5)14-12-17)26(3)21(25-20(15)27(4)22-2)24-16-9-7-6-8-10-16/h6-14,19,23H,2H2,1,3-5H3,(H,24,25). The molecule has 2 aromatic rings. The first-order chi connectivity index (χ1) is 13.5. The van der Waals surface area contributed by atoms with Gasteiger partial charge in [-0.2, -0.15) is 10.1 Å². The SMILES string of the molecule is C=NN(C)C1=C(C)C(Nc2ccc(OC)cc2)N(C)C(Nc2ccccc2)=N1. The number of guanidine groups is 1. The number of methoxy groups -OCH3 is 1. The first-order valence-electron chi connectivity index (χ1n) is 8.99. The lowest BCUT2D eigenvalue weighted by atomic mass is 10.1. The summed E-state index contributed by atoms with van der Waals surface area (Å²) < 4.78 is 5.25. The van der Waals surface area contributed by atoms with Gasteiger partial charge in [-0.1, -0.05) is 18.2 Å². The molecule has 0 aromatic heterocycles. The maximum atomic E-state index is 5.25. The fraction of sp³-hybridized carbons (Fsp3) is 0.238. The zero-order valence-electron chi connectivity index (χ0n) is 16.7. The van der Waals surface area contributed by atoms with E-state index in [0.29, 0.717) is 5.96 Å². The maximum absolute atomic E-state index is 5.25. The number of para-hydroxylation sites is 1. The van der Waals surface area contributed by atoms with Gasteiger partial charge in [0, 0.05) is 37.8 Å². The summed E-state index contributed by atoms with van der Waals surface area (Å²) in [5, 5.41) is 12.6. The molecule has 28 heavy (non-hydrogen) atoms. The molecule has 7 heteroatoms. The highest BCUT2D eigenvalue weighted by Crippen LogP contribution is 2.26. The van der Waals surface area contributed by atoms with Gasteiger partial charge in [-0.05, 0) is 43.3 Å². The van der Waals surface area contributed by atoms with Gasteiger partial charge in [0.25, 0.3) is 0 Å². The highest BCUT2D eigenvalue weighted by atomic mass is 16.5. The van der Waals surface area contributed by atoms with Gasteiger partial charge in [0.05, 0.1) is 7.11 Å². The Kier molecular flexibility index (Phi) is 5.84. The zero-order chi connectivity index (χ0) is 20.1. The minimum absolute atomic E-state index is 0.115. The summed E-state index contributed by atoms with van der Waals surface area (Å²) in [5.41, 5.74) is 2.97. The summed E-state index contributed by atoms with van der Waals surface area (Å²) in [4.78, 5) is 6.83. The van der Waals surface area contributed by atoms with E-state index in [0.717, 1.165) is 28.5 Å². The number of ether oxygens (including phenoxy) is 1. The second-order valence-electron chi connectivity index (χ2n) is 6.48. The van der Waals surface area contributed by atoms with Gasteiger partial charge in [-0.3, -0.25) is 5.01 Å². The molecule has 0 amide bonds. The lowest BCUT2D eigenvalue weighted by molar-refractivity contribution is 0.379. The topological polar surface area (TPSA) is 64.5 Å². The van der Waals surface area contributed by atoms with Crippen LogP contribution >= 0.6 is 0 Å². The lowest BCUT2D eigenvalue weighted by Crippen LogP contribution is -2.49. The van der Waals surface area contributed by atoms with E-state index in [4.69, 9.17) is 9.73 Å².